The molecule has 0 spiro atoms. The van der Waals surface area contributed by atoms with Gasteiger partial charge < -0.3 is 10.1 Å². The van der Waals surface area contributed by atoms with E-state index in [0.29, 0.717) is 33.3 Å². The lowest BCUT2D eigenvalue weighted by molar-refractivity contribution is -0.577. The molecule has 0 aliphatic carbocycles. The summed E-state index contributed by atoms with van der Waals surface area (Å²) < 4.78 is 62.0. The summed E-state index contributed by atoms with van der Waals surface area (Å²) in [5.74, 6) is -0.620. The SMILES string of the molecule is C.C[C@H]1C(=O)N(c2ccc(S(=O)(=O)C(F)(F)F)cc2)C(=O)N1Cc1cc[n+]([O-])c2ccccc12. The first-order valence-electron chi connectivity index (χ1n) is 9.59. The molecule has 1 saturated heterocycles. The first-order chi connectivity index (χ1) is 15.4. The Labute approximate surface area is 193 Å². The summed E-state index contributed by atoms with van der Waals surface area (Å²) >= 11 is 0. The predicted octanol–water partition coefficient (Wildman–Crippen LogP) is 3.76. The number of rotatable bonds is 4. The molecule has 0 unspecified atom stereocenters. The number of pyridine rings is 1. The zero-order valence-corrected chi connectivity index (χ0v) is 17.8. The molecule has 180 valence electrons. The van der Waals surface area contributed by atoms with Gasteiger partial charge in [0.15, 0.2) is 6.20 Å². The van der Waals surface area contributed by atoms with E-state index in [1.165, 1.54) is 18.0 Å². The first kappa shape index (κ1) is 25.0. The van der Waals surface area contributed by atoms with Gasteiger partial charge in [-0.3, -0.25) is 4.79 Å². The van der Waals surface area contributed by atoms with Gasteiger partial charge in [-0.2, -0.15) is 17.9 Å². The van der Waals surface area contributed by atoms with Crippen LogP contribution < -0.4 is 9.63 Å². The Balaban J connectivity index is 0.00000324. The van der Waals surface area contributed by atoms with Crippen LogP contribution >= 0.6 is 0 Å². The van der Waals surface area contributed by atoms with Crippen LogP contribution in [0.25, 0.3) is 10.9 Å². The molecular weight excluding hydrogens is 475 g/mol. The molecule has 1 aliphatic heterocycles. The molecule has 0 N–H and O–H groups in total. The van der Waals surface area contributed by atoms with E-state index in [0.717, 1.165) is 17.0 Å². The van der Waals surface area contributed by atoms with Crippen LogP contribution in [-0.2, 0) is 21.2 Å². The zero-order chi connectivity index (χ0) is 24.1. The topological polar surface area (TPSA) is 102 Å². The Morgan fingerprint density at radius 1 is 1.03 bits per heavy atom. The summed E-state index contributed by atoms with van der Waals surface area (Å²) in [4.78, 5) is 26.9. The standard InChI is InChI=1S/C21H16F3N3O5S.CH4/c1-13-19(28)27(15-6-8-16(9-7-15)33(31,32)21(22,23)24)20(29)25(13)12-14-10-11-26(30)18-5-3-2-4-17(14)18;/h2-11,13H,12H2,1H3;1H4/t13-;/m0./s1. The highest BCUT2D eigenvalue weighted by atomic mass is 32.2. The van der Waals surface area contributed by atoms with E-state index in [9.17, 15) is 36.4 Å². The number of aromatic nitrogens is 1. The summed E-state index contributed by atoms with van der Waals surface area (Å²) in [6.45, 7) is 1.51. The lowest BCUT2D eigenvalue weighted by atomic mass is 10.1. The van der Waals surface area contributed by atoms with Crippen molar-refractivity contribution < 1.29 is 35.9 Å². The van der Waals surface area contributed by atoms with Crippen LogP contribution in [0.1, 0.15) is 19.9 Å². The van der Waals surface area contributed by atoms with E-state index < -0.39 is 38.2 Å². The van der Waals surface area contributed by atoms with Gasteiger partial charge in [0.25, 0.3) is 15.7 Å². The molecule has 2 aromatic carbocycles. The largest absolute Gasteiger partial charge is 0.618 e. The summed E-state index contributed by atoms with van der Waals surface area (Å²) in [5.41, 5.74) is -4.52. The van der Waals surface area contributed by atoms with Crippen LogP contribution in [-0.4, -0.2) is 36.8 Å². The second kappa shape index (κ2) is 8.60. The summed E-state index contributed by atoms with van der Waals surface area (Å²) in [6, 6.07) is 10.0. The van der Waals surface area contributed by atoms with Gasteiger partial charge in [-0.05, 0) is 42.8 Å². The van der Waals surface area contributed by atoms with Crippen molar-refractivity contribution in [3.63, 3.8) is 0 Å². The van der Waals surface area contributed by atoms with Gasteiger partial charge in [0.2, 0.25) is 5.52 Å². The van der Waals surface area contributed by atoms with Crippen molar-refractivity contribution in [2.24, 2.45) is 0 Å². The highest BCUT2D eigenvalue weighted by Crippen LogP contribution is 2.33. The number of para-hydroxylation sites is 1. The van der Waals surface area contributed by atoms with Crippen LogP contribution in [0, 0.1) is 5.21 Å². The quantitative estimate of drug-likeness (QED) is 0.312. The summed E-state index contributed by atoms with van der Waals surface area (Å²) in [5, 5.41) is 12.6. The number of fused-ring (bicyclic) bond motifs is 1. The minimum Gasteiger partial charge on any atom is -0.618 e. The van der Waals surface area contributed by atoms with Crippen molar-refractivity contribution >= 4 is 38.4 Å². The van der Waals surface area contributed by atoms with E-state index in [2.05, 4.69) is 0 Å². The molecule has 34 heavy (non-hydrogen) atoms. The molecule has 8 nitrogen and oxygen atoms in total. The molecule has 3 amide bonds. The molecule has 0 radical (unpaired) electrons. The second-order valence-corrected chi connectivity index (χ2v) is 9.33. The molecule has 12 heteroatoms. The first-order valence-corrected chi connectivity index (χ1v) is 11.1. The van der Waals surface area contributed by atoms with Crippen molar-refractivity contribution in [3.05, 3.63) is 71.6 Å². The molecule has 1 atom stereocenters. The number of imide groups is 1. The minimum atomic E-state index is -5.56. The van der Waals surface area contributed by atoms with Crippen molar-refractivity contribution in [2.45, 2.75) is 37.3 Å². The number of hydrogen-bond acceptors (Lipinski definition) is 5. The number of hydrogen-bond donors (Lipinski definition) is 0. The summed E-state index contributed by atoms with van der Waals surface area (Å²) in [6.07, 6.45) is 1.29. The molecule has 1 fully saturated rings. The van der Waals surface area contributed by atoms with Crippen molar-refractivity contribution in [3.8, 4) is 0 Å². The smallest absolute Gasteiger partial charge is 0.501 e. The maximum absolute atomic E-state index is 13.0. The zero-order valence-electron chi connectivity index (χ0n) is 17.0. The van der Waals surface area contributed by atoms with Gasteiger partial charge in [0.05, 0.1) is 16.0 Å². The van der Waals surface area contributed by atoms with E-state index in [-0.39, 0.29) is 19.7 Å². The van der Waals surface area contributed by atoms with E-state index in [1.807, 2.05) is 0 Å². The Kier molecular flexibility index (Phi) is 6.31. The van der Waals surface area contributed by atoms with Gasteiger partial charge in [-0.15, -0.1) is 0 Å². The Morgan fingerprint density at radius 2 is 1.65 bits per heavy atom. The van der Waals surface area contributed by atoms with Crippen LogP contribution in [0.5, 0.6) is 0 Å². The molecule has 3 aromatic rings. The molecule has 0 bridgehead atoms. The number of amides is 3. The van der Waals surface area contributed by atoms with E-state index in [4.69, 9.17) is 0 Å². The van der Waals surface area contributed by atoms with Crippen molar-refractivity contribution in [1.82, 2.24) is 4.90 Å². The predicted molar refractivity (Wildman–Crippen MR) is 117 cm³/mol. The van der Waals surface area contributed by atoms with Crippen molar-refractivity contribution in [2.75, 3.05) is 4.90 Å². The van der Waals surface area contributed by atoms with Crippen LogP contribution in [0.2, 0.25) is 0 Å². The molecule has 1 aromatic heterocycles. The van der Waals surface area contributed by atoms with Gasteiger partial charge >= 0.3 is 11.5 Å². The van der Waals surface area contributed by atoms with E-state index in [1.54, 1.807) is 30.3 Å². The van der Waals surface area contributed by atoms with Gasteiger partial charge in [0.1, 0.15) is 6.04 Å². The monoisotopic (exact) mass is 495 g/mol. The van der Waals surface area contributed by atoms with Gasteiger partial charge in [-0.1, -0.05) is 19.6 Å². The molecule has 2 heterocycles. The van der Waals surface area contributed by atoms with Crippen LogP contribution in [0.4, 0.5) is 23.7 Å². The number of alkyl halides is 3. The van der Waals surface area contributed by atoms with Gasteiger partial charge in [-0.25, -0.2) is 18.1 Å². The number of benzene rings is 2. The normalized spacial score (nSPS) is 16.8. The van der Waals surface area contributed by atoms with Crippen molar-refractivity contribution in [1.29, 1.82) is 0 Å². The van der Waals surface area contributed by atoms with Crippen LogP contribution in [0.15, 0.2) is 65.7 Å². The minimum absolute atomic E-state index is 0. The molecule has 1 aliphatic rings. The lowest BCUT2D eigenvalue weighted by Gasteiger charge is -2.20. The number of sulfone groups is 1. The van der Waals surface area contributed by atoms with Gasteiger partial charge in [0, 0.05) is 18.7 Å². The summed E-state index contributed by atoms with van der Waals surface area (Å²) in [7, 11) is -5.56. The maximum Gasteiger partial charge on any atom is 0.501 e. The lowest BCUT2D eigenvalue weighted by Crippen LogP contribution is -2.34. The van der Waals surface area contributed by atoms with E-state index >= 15 is 0 Å². The molecule has 0 saturated carbocycles. The fraction of sp³-hybridized carbons (Fsp3) is 0.227. The number of carbonyl (C=O) groups excluding carboxylic acids is 2. The van der Waals surface area contributed by atoms with Crippen LogP contribution in [0.3, 0.4) is 0 Å². The Hall–Kier alpha value is -3.67. The molecule has 4 rings (SSSR count). The number of nitrogens with zero attached hydrogens (tertiary/aromatic N) is 3. The third kappa shape index (κ3) is 3.94. The fourth-order valence-electron chi connectivity index (χ4n) is 3.65. The number of carbonyl (C=O) groups is 2. The third-order valence-electron chi connectivity index (χ3n) is 5.43. The highest BCUT2D eigenvalue weighted by molar-refractivity contribution is 7.92. The second-order valence-electron chi connectivity index (χ2n) is 7.39. The Morgan fingerprint density at radius 3 is 2.26 bits per heavy atom. The average Bonchev–Trinajstić information content (AvgIpc) is 2.98. The Bertz CT molecular complexity index is 1370. The fourth-order valence-corrected chi connectivity index (χ4v) is 4.41. The number of halogens is 3. The number of urea groups is 1. The average molecular weight is 495 g/mol. The third-order valence-corrected chi connectivity index (χ3v) is 6.93. The molecular formula is C22H20F3N3O5S. The number of anilines is 1. The maximum atomic E-state index is 13.0. The highest BCUT2D eigenvalue weighted by Gasteiger charge is 2.47.